The van der Waals surface area contributed by atoms with Crippen molar-refractivity contribution in [2.45, 2.75) is 315 Å². The zero-order valence-corrected chi connectivity index (χ0v) is 49.0. The van der Waals surface area contributed by atoms with E-state index >= 15 is 0 Å². The number of unbranched alkanes of at least 4 members (excludes halogenated alkanes) is 36. The van der Waals surface area contributed by atoms with Gasteiger partial charge in [0.05, 0.1) is 26.4 Å². The Morgan fingerprint density at radius 2 is 0.726 bits per heavy atom. The molecular weight excluding hydrogens is 909 g/mol. The highest BCUT2D eigenvalue weighted by Crippen LogP contribution is 2.18. The van der Waals surface area contributed by atoms with Crippen LogP contribution < -0.4 is 5.32 Å². The van der Waals surface area contributed by atoms with Gasteiger partial charge in [-0.05, 0) is 117 Å². The second-order valence-electron chi connectivity index (χ2n) is 21.7. The van der Waals surface area contributed by atoms with E-state index < -0.39 is 0 Å². The number of carbonyl (C=O) groups is 3. The maximum absolute atomic E-state index is 12.7. The van der Waals surface area contributed by atoms with Crippen molar-refractivity contribution in [3.8, 4) is 0 Å². The molecule has 0 aromatic rings. The first-order valence-electron chi connectivity index (χ1n) is 31.7. The van der Waals surface area contributed by atoms with E-state index in [2.05, 4.69) is 48.4 Å². The minimum atomic E-state index is -0.383. The first-order chi connectivity index (χ1) is 35.9. The van der Waals surface area contributed by atoms with E-state index in [0.29, 0.717) is 45.8 Å². The molecule has 0 aliphatic heterocycles. The fourth-order valence-corrected chi connectivity index (χ4v) is 9.30. The van der Waals surface area contributed by atoms with Gasteiger partial charge in [0.15, 0.2) is 0 Å². The van der Waals surface area contributed by atoms with E-state index in [1.54, 1.807) is 0 Å². The summed E-state index contributed by atoms with van der Waals surface area (Å²) in [5, 5.41) is 2.85. The number of allylic oxidation sites excluding steroid dienone is 4. The molecule has 9 heteroatoms. The summed E-state index contributed by atoms with van der Waals surface area (Å²) in [6, 6.07) is 0. The molecule has 0 saturated heterocycles. The Morgan fingerprint density at radius 3 is 1.10 bits per heavy atom. The number of ether oxygens (including phenoxy) is 4. The summed E-state index contributed by atoms with van der Waals surface area (Å²) < 4.78 is 22.6. The molecule has 430 valence electrons. The number of hydrogen-bond donors (Lipinski definition) is 1. The third-order valence-corrected chi connectivity index (χ3v) is 14.1. The van der Waals surface area contributed by atoms with Crippen LogP contribution >= 0.6 is 0 Å². The van der Waals surface area contributed by atoms with Crippen LogP contribution in [0.2, 0.25) is 0 Å². The first-order valence-corrected chi connectivity index (χ1v) is 31.7. The molecule has 1 N–H and O–H groups in total. The lowest BCUT2D eigenvalue weighted by Gasteiger charge is -2.18. The highest BCUT2D eigenvalue weighted by molar-refractivity contribution is 5.69. The number of rotatable bonds is 59. The molecule has 0 spiro atoms. The summed E-state index contributed by atoms with van der Waals surface area (Å²) >= 11 is 0. The summed E-state index contributed by atoms with van der Waals surface area (Å²) in [7, 11) is 4.02. The van der Waals surface area contributed by atoms with Crippen molar-refractivity contribution >= 4 is 18.0 Å². The molecule has 0 aromatic carbocycles. The van der Waals surface area contributed by atoms with E-state index in [-0.39, 0.29) is 24.1 Å². The average Bonchev–Trinajstić information content (AvgIpc) is 3.37. The van der Waals surface area contributed by atoms with E-state index in [0.717, 1.165) is 96.4 Å². The molecule has 0 rings (SSSR count). The van der Waals surface area contributed by atoms with Crippen LogP contribution in [0.25, 0.3) is 0 Å². The largest absolute Gasteiger partial charge is 0.466 e. The maximum Gasteiger partial charge on any atom is 0.407 e. The Hall–Kier alpha value is -2.39. The van der Waals surface area contributed by atoms with Crippen LogP contribution in [0.15, 0.2) is 24.3 Å². The number of nitrogens with one attached hydrogen (secondary N) is 1. The van der Waals surface area contributed by atoms with E-state index in [4.69, 9.17) is 18.9 Å². The quantitative estimate of drug-likeness (QED) is 0.0278. The standard InChI is InChI=1S/C64H122N2O7/c1-5-7-9-11-13-15-17-19-21-23-25-27-29-31-33-35-37-39-47-53-62(67)71-57-49-43-41-45-51-61(73-64(69)65-55-59-70-60-56-66(3)4)52-46-42-44-50-58-72-63(68)54-48-40-38-36-34-32-30-28-26-24-22-20-18-16-14-12-10-8-6-2/h19-22,61H,5-18,23-60H2,1-4H3,(H,65,69)/b21-19-,22-20-. The van der Waals surface area contributed by atoms with E-state index in [1.807, 2.05) is 14.1 Å². The second-order valence-corrected chi connectivity index (χ2v) is 21.7. The van der Waals surface area contributed by atoms with Crippen molar-refractivity contribution in [1.29, 1.82) is 0 Å². The predicted molar refractivity (Wildman–Crippen MR) is 312 cm³/mol. The maximum atomic E-state index is 12.7. The normalized spacial score (nSPS) is 11.8. The van der Waals surface area contributed by atoms with Crippen molar-refractivity contribution in [1.82, 2.24) is 10.2 Å². The van der Waals surface area contributed by atoms with Gasteiger partial charge in [0, 0.05) is 25.9 Å². The highest BCUT2D eigenvalue weighted by atomic mass is 16.6. The first kappa shape index (κ1) is 70.6. The summed E-state index contributed by atoms with van der Waals surface area (Å²) in [4.78, 5) is 39.3. The highest BCUT2D eigenvalue weighted by Gasteiger charge is 2.15. The zero-order valence-electron chi connectivity index (χ0n) is 49.0. The fraction of sp³-hybridized carbons (Fsp3) is 0.891. The third-order valence-electron chi connectivity index (χ3n) is 14.1. The minimum Gasteiger partial charge on any atom is -0.466 e. The van der Waals surface area contributed by atoms with Gasteiger partial charge in [0.25, 0.3) is 0 Å². The van der Waals surface area contributed by atoms with Gasteiger partial charge in [-0.1, -0.05) is 218 Å². The van der Waals surface area contributed by atoms with Crippen molar-refractivity contribution in [2.75, 3.05) is 53.6 Å². The molecule has 73 heavy (non-hydrogen) atoms. The zero-order chi connectivity index (χ0) is 53.0. The molecule has 1 amide bonds. The number of alkyl carbamates (subject to hydrolysis) is 1. The summed E-state index contributed by atoms with van der Waals surface area (Å²) in [5.74, 6) is -0.127. The molecule has 0 aromatic heterocycles. The van der Waals surface area contributed by atoms with Gasteiger partial charge < -0.3 is 29.2 Å². The molecule has 9 nitrogen and oxygen atoms in total. The topological polar surface area (TPSA) is 103 Å². The Morgan fingerprint density at radius 1 is 0.397 bits per heavy atom. The van der Waals surface area contributed by atoms with E-state index in [9.17, 15) is 14.4 Å². The average molecular weight is 1030 g/mol. The number of nitrogens with zero attached hydrogens (tertiary/aromatic N) is 1. The molecule has 0 aliphatic carbocycles. The molecule has 0 aliphatic rings. The Kier molecular flexibility index (Phi) is 58.5. The van der Waals surface area contributed by atoms with Crippen LogP contribution in [0.4, 0.5) is 4.79 Å². The van der Waals surface area contributed by atoms with Crippen LogP contribution in [0, 0.1) is 0 Å². The molecular formula is C64H122N2O7. The SMILES string of the molecule is CCCCCCCC/C=C\CCCCCCCCCCCC(=O)OCCCCCCC(CCCCCCOC(=O)CCCCCCCCCCC/C=C\CCCCCCCC)OC(=O)NCCOCCN(C)C. The number of esters is 2. The lowest BCUT2D eigenvalue weighted by Crippen LogP contribution is -2.32. The van der Waals surface area contributed by atoms with Crippen molar-refractivity contribution in [3.63, 3.8) is 0 Å². The van der Waals surface area contributed by atoms with Gasteiger partial charge in [0.1, 0.15) is 6.10 Å². The van der Waals surface area contributed by atoms with Crippen LogP contribution in [-0.2, 0) is 28.5 Å². The van der Waals surface area contributed by atoms with Crippen LogP contribution in [-0.4, -0.2) is 82.6 Å². The lowest BCUT2D eigenvalue weighted by molar-refractivity contribution is -0.144. The van der Waals surface area contributed by atoms with Crippen molar-refractivity contribution < 1.29 is 33.3 Å². The monoisotopic (exact) mass is 1030 g/mol. The summed E-state index contributed by atoms with van der Waals surface area (Å²) in [5.41, 5.74) is 0. The van der Waals surface area contributed by atoms with Crippen LogP contribution in [0.5, 0.6) is 0 Å². The Balaban J connectivity index is 4.00. The molecule has 0 radical (unpaired) electrons. The molecule has 0 unspecified atom stereocenters. The minimum absolute atomic E-state index is 0.0634. The van der Waals surface area contributed by atoms with Crippen molar-refractivity contribution in [3.05, 3.63) is 24.3 Å². The molecule has 0 fully saturated rings. The Bertz CT molecular complexity index is 1130. The Labute approximate surface area is 453 Å². The van der Waals surface area contributed by atoms with E-state index in [1.165, 1.54) is 193 Å². The lowest BCUT2D eigenvalue weighted by atomic mass is 10.0. The molecule has 0 saturated carbocycles. The van der Waals surface area contributed by atoms with Gasteiger partial charge in [-0.25, -0.2) is 4.79 Å². The molecule has 0 atom stereocenters. The van der Waals surface area contributed by atoms with Gasteiger partial charge in [-0.15, -0.1) is 0 Å². The van der Waals surface area contributed by atoms with Crippen molar-refractivity contribution in [2.24, 2.45) is 0 Å². The van der Waals surface area contributed by atoms with Gasteiger partial charge in [0.2, 0.25) is 0 Å². The number of carbonyl (C=O) groups excluding carboxylic acids is 3. The summed E-state index contributed by atoms with van der Waals surface area (Å²) in [6.45, 7) is 7.88. The van der Waals surface area contributed by atoms with Crippen LogP contribution in [0.3, 0.4) is 0 Å². The van der Waals surface area contributed by atoms with Crippen LogP contribution in [0.1, 0.15) is 309 Å². The van der Waals surface area contributed by atoms with Gasteiger partial charge in [-0.2, -0.15) is 0 Å². The molecule has 0 bridgehead atoms. The number of hydrogen-bond acceptors (Lipinski definition) is 8. The number of likely N-dealkylation sites (N-methyl/N-ethyl adjacent to an activating group) is 1. The fourth-order valence-electron chi connectivity index (χ4n) is 9.30. The third kappa shape index (κ3) is 60.4. The van der Waals surface area contributed by atoms with Gasteiger partial charge >= 0.3 is 18.0 Å². The smallest absolute Gasteiger partial charge is 0.407 e. The second kappa shape index (κ2) is 60.5. The predicted octanol–water partition coefficient (Wildman–Crippen LogP) is 18.8. The molecule has 0 heterocycles. The number of amides is 1. The van der Waals surface area contributed by atoms with Gasteiger partial charge in [-0.3, -0.25) is 9.59 Å². The summed E-state index contributed by atoms with van der Waals surface area (Å²) in [6.07, 6.45) is 63.3.